The zero-order valence-electron chi connectivity index (χ0n) is 14.8. The summed E-state index contributed by atoms with van der Waals surface area (Å²) in [5, 5.41) is 24.5. The van der Waals surface area contributed by atoms with E-state index in [-0.39, 0.29) is 12.6 Å². The molecule has 27 heavy (non-hydrogen) atoms. The topological polar surface area (TPSA) is 119 Å². The average molecular weight is 363 g/mol. The van der Waals surface area contributed by atoms with E-state index in [1.165, 1.54) is 5.56 Å². The number of pyridine rings is 1. The van der Waals surface area contributed by atoms with Crippen LogP contribution in [0.4, 0.5) is 5.82 Å². The zero-order chi connectivity index (χ0) is 18.6. The molecule has 4 N–H and O–H groups in total. The van der Waals surface area contributed by atoms with Crippen LogP contribution < -0.4 is 5.73 Å². The molecule has 1 aromatic carbocycles. The number of aromatic nitrogens is 6. The van der Waals surface area contributed by atoms with Gasteiger partial charge in [-0.05, 0) is 35.6 Å². The van der Waals surface area contributed by atoms with Crippen molar-refractivity contribution in [3.63, 3.8) is 0 Å². The molecule has 138 valence electrons. The van der Waals surface area contributed by atoms with Crippen LogP contribution in [0.2, 0.25) is 0 Å². The number of fused-ring (bicyclic) bond motifs is 1. The summed E-state index contributed by atoms with van der Waals surface area (Å²) in [5.41, 5.74) is 10.4. The van der Waals surface area contributed by atoms with E-state index in [1.54, 1.807) is 0 Å². The lowest BCUT2D eigenvalue weighted by Crippen LogP contribution is -2.12. The van der Waals surface area contributed by atoms with E-state index in [0.29, 0.717) is 17.9 Å². The Balaban J connectivity index is 1.62. The number of nitrogen functional groups attached to an aromatic ring is 1. The summed E-state index contributed by atoms with van der Waals surface area (Å²) in [5.74, 6) is 0.432. The molecule has 4 aromatic rings. The SMILES string of the molecule is Nc1cc(Cc2cnn(C(CCCO)c3ccccc3)c2)c2nn[nH]c2n1. The van der Waals surface area contributed by atoms with Crippen LogP contribution in [0.1, 0.15) is 35.6 Å². The van der Waals surface area contributed by atoms with Gasteiger partial charge < -0.3 is 10.8 Å². The maximum absolute atomic E-state index is 9.25. The fourth-order valence-electron chi connectivity index (χ4n) is 3.33. The van der Waals surface area contributed by atoms with Crippen molar-refractivity contribution in [3.05, 3.63) is 65.5 Å². The lowest BCUT2D eigenvalue weighted by molar-refractivity contribution is 0.274. The van der Waals surface area contributed by atoms with E-state index in [4.69, 9.17) is 5.73 Å². The van der Waals surface area contributed by atoms with Gasteiger partial charge in [-0.2, -0.15) is 5.10 Å². The van der Waals surface area contributed by atoms with Crippen molar-refractivity contribution in [1.29, 1.82) is 0 Å². The first-order chi connectivity index (χ1) is 13.2. The van der Waals surface area contributed by atoms with Gasteiger partial charge in [0.1, 0.15) is 11.3 Å². The Kier molecular flexibility index (Phi) is 4.80. The van der Waals surface area contributed by atoms with Crippen molar-refractivity contribution < 1.29 is 5.11 Å². The van der Waals surface area contributed by atoms with Crippen LogP contribution in [-0.2, 0) is 6.42 Å². The molecule has 1 atom stereocenters. The molecule has 3 heterocycles. The molecule has 0 radical (unpaired) electrons. The molecule has 0 aliphatic carbocycles. The van der Waals surface area contributed by atoms with Crippen LogP contribution in [0.5, 0.6) is 0 Å². The summed E-state index contributed by atoms with van der Waals surface area (Å²) >= 11 is 0. The third kappa shape index (κ3) is 3.65. The van der Waals surface area contributed by atoms with Crippen LogP contribution in [0, 0.1) is 0 Å². The molecule has 0 saturated heterocycles. The molecule has 0 aliphatic rings. The zero-order valence-corrected chi connectivity index (χ0v) is 14.8. The minimum absolute atomic E-state index is 0.0849. The second-order valence-corrected chi connectivity index (χ2v) is 6.51. The van der Waals surface area contributed by atoms with Gasteiger partial charge in [-0.25, -0.2) is 10.1 Å². The van der Waals surface area contributed by atoms with E-state index in [9.17, 15) is 5.11 Å². The lowest BCUT2D eigenvalue weighted by atomic mass is 10.0. The molecule has 8 nitrogen and oxygen atoms in total. The molecule has 0 amide bonds. The average Bonchev–Trinajstić information content (AvgIpc) is 3.32. The maximum atomic E-state index is 9.25. The molecule has 1 unspecified atom stereocenters. The molecule has 0 fully saturated rings. The van der Waals surface area contributed by atoms with Crippen molar-refractivity contribution in [2.75, 3.05) is 12.3 Å². The van der Waals surface area contributed by atoms with Crippen LogP contribution in [0.15, 0.2) is 48.8 Å². The van der Waals surface area contributed by atoms with Crippen molar-refractivity contribution >= 4 is 17.0 Å². The molecule has 0 bridgehead atoms. The molecule has 4 rings (SSSR count). The second-order valence-electron chi connectivity index (χ2n) is 6.51. The quantitative estimate of drug-likeness (QED) is 0.463. The van der Waals surface area contributed by atoms with E-state index in [0.717, 1.165) is 29.5 Å². The predicted octanol–water partition coefficient (Wildman–Crippen LogP) is 2.08. The number of aromatic amines is 1. The Morgan fingerprint density at radius 2 is 2.07 bits per heavy atom. The summed E-state index contributed by atoms with van der Waals surface area (Å²) in [6, 6.07) is 12.1. The maximum Gasteiger partial charge on any atom is 0.178 e. The number of anilines is 1. The van der Waals surface area contributed by atoms with Gasteiger partial charge in [0, 0.05) is 19.2 Å². The van der Waals surface area contributed by atoms with E-state index < -0.39 is 0 Å². The van der Waals surface area contributed by atoms with Crippen LogP contribution in [0.3, 0.4) is 0 Å². The predicted molar refractivity (Wildman–Crippen MR) is 102 cm³/mol. The number of hydrogen-bond donors (Lipinski definition) is 3. The summed E-state index contributed by atoms with van der Waals surface area (Å²) in [6.45, 7) is 0.165. The fourth-order valence-corrected chi connectivity index (χ4v) is 3.33. The van der Waals surface area contributed by atoms with Crippen molar-refractivity contribution in [1.82, 2.24) is 30.2 Å². The normalized spacial score (nSPS) is 12.5. The monoisotopic (exact) mass is 363 g/mol. The van der Waals surface area contributed by atoms with Gasteiger partial charge in [0.05, 0.1) is 12.2 Å². The molecule has 0 saturated carbocycles. The number of nitrogens with one attached hydrogen (secondary N) is 1. The third-order valence-electron chi connectivity index (χ3n) is 4.59. The number of benzene rings is 1. The van der Waals surface area contributed by atoms with Gasteiger partial charge in [0.2, 0.25) is 0 Å². The van der Waals surface area contributed by atoms with Gasteiger partial charge in [-0.1, -0.05) is 35.5 Å². The first-order valence-electron chi connectivity index (χ1n) is 8.89. The van der Waals surface area contributed by atoms with Crippen molar-refractivity contribution in [2.24, 2.45) is 0 Å². The van der Waals surface area contributed by atoms with E-state index >= 15 is 0 Å². The first-order valence-corrected chi connectivity index (χ1v) is 8.89. The highest BCUT2D eigenvalue weighted by Gasteiger charge is 2.16. The molecular formula is C19H21N7O. The highest BCUT2D eigenvalue weighted by atomic mass is 16.2. The third-order valence-corrected chi connectivity index (χ3v) is 4.59. The fraction of sp³-hybridized carbons (Fsp3) is 0.263. The van der Waals surface area contributed by atoms with Gasteiger partial charge in [-0.15, -0.1) is 5.10 Å². The van der Waals surface area contributed by atoms with Crippen LogP contribution in [0.25, 0.3) is 11.2 Å². The number of hydrogen-bond acceptors (Lipinski definition) is 6. The van der Waals surface area contributed by atoms with E-state index in [1.807, 2.05) is 41.3 Å². The van der Waals surface area contributed by atoms with Crippen molar-refractivity contribution in [2.45, 2.75) is 25.3 Å². The number of H-pyrrole nitrogens is 1. The summed E-state index contributed by atoms with van der Waals surface area (Å²) < 4.78 is 1.96. The Hall–Kier alpha value is -3.26. The Labute approximate surface area is 156 Å². The Morgan fingerprint density at radius 1 is 1.22 bits per heavy atom. The lowest BCUT2D eigenvalue weighted by Gasteiger charge is -2.17. The van der Waals surface area contributed by atoms with Gasteiger partial charge in [-0.3, -0.25) is 4.68 Å². The van der Waals surface area contributed by atoms with Gasteiger partial charge in [0.25, 0.3) is 0 Å². The number of nitrogens with two attached hydrogens (primary N) is 1. The highest BCUT2D eigenvalue weighted by molar-refractivity contribution is 5.76. The minimum Gasteiger partial charge on any atom is -0.396 e. The first kappa shape index (κ1) is 17.2. The van der Waals surface area contributed by atoms with Crippen molar-refractivity contribution in [3.8, 4) is 0 Å². The summed E-state index contributed by atoms with van der Waals surface area (Å²) in [7, 11) is 0. The van der Waals surface area contributed by atoms with E-state index in [2.05, 4.69) is 37.6 Å². The standard InChI is InChI=1S/C19H21N7O/c20-17-10-15(18-19(22-17)24-25-23-18)9-13-11-21-26(12-13)16(7-4-8-27)14-5-2-1-3-6-14/h1-3,5-6,10-12,16,27H,4,7-9H2,(H3,20,22,23,24,25). The Bertz CT molecular complexity index is 1020. The second kappa shape index (κ2) is 7.55. The van der Waals surface area contributed by atoms with Crippen LogP contribution >= 0.6 is 0 Å². The smallest absolute Gasteiger partial charge is 0.178 e. The van der Waals surface area contributed by atoms with Gasteiger partial charge in [0.15, 0.2) is 5.65 Å². The Morgan fingerprint density at radius 3 is 2.89 bits per heavy atom. The summed E-state index contributed by atoms with van der Waals surface area (Å²) in [4.78, 5) is 4.20. The number of aliphatic hydroxyl groups excluding tert-OH is 1. The number of nitrogens with zero attached hydrogens (tertiary/aromatic N) is 5. The molecule has 3 aromatic heterocycles. The molecular weight excluding hydrogens is 342 g/mol. The largest absolute Gasteiger partial charge is 0.396 e. The highest BCUT2D eigenvalue weighted by Crippen LogP contribution is 2.24. The van der Waals surface area contributed by atoms with Gasteiger partial charge >= 0.3 is 0 Å². The number of aliphatic hydroxyl groups is 1. The van der Waals surface area contributed by atoms with Crippen LogP contribution in [-0.4, -0.2) is 41.9 Å². The molecule has 0 aliphatic heterocycles. The molecule has 8 heteroatoms. The summed E-state index contributed by atoms with van der Waals surface area (Å²) in [6.07, 6.45) is 6.07. The minimum atomic E-state index is 0.0849. The number of rotatable bonds is 7. The molecule has 0 spiro atoms.